The van der Waals surface area contributed by atoms with Crippen molar-refractivity contribution in [3.05, 3.63) is 29.8 Å². The Kier molecular flexibility index (Phi) is 6.44. The Bertz CT molecular complexity index is 515. The van der Waals surface area contributed by atoms with Crippen molar-refractivity contribution in [2.24, 2.45) is 0 Å². The van der Waals surface area contributed by atoms with E-state index in [0.717, 1.165) is 44.7 Å². The Hall–Kier alpha value is -1.57. The molecule has 1 saturated heterocycles. The molecule has 0 aromatic heterocycles. The molecule has 1 aliphatic rings. The fourth-order valence-electron chi connectivity index (χ4n) is 3.52. The van der Waals surface area contributed by atoms with E-state index in [1.165, 1.54) is 5.69 Å². The highest BCUT2D eigenvalue weighted by atomic mass is 15.3. The molecule has 1 heterocycles. The molecule has 0 aliphatic carbocycles. The van der Waals surface area contributed by atoms with E-state index in [9.17, 15) is 5.26 Å². The molecule has 1 aliphatic heterocycles. The molecule has 0 spiro atoms. The van der Waals surface area contributed by atoms with Gasteiger partial charge in [0.15, 0.2) is 0 Å². The third kappa shape index (κ3) is 4.04. The molecule has 0 saturated carbocycles. The predicted octanol–water partition coefficient (Wildman–Crippen LogP) is 3.12. The summed E-state index contributed by atoms with van der Waals surface area (Å²) in [6.45, 7) is 11.6. The van der Waals surface area contributed by atoms with Crippen LogP contribution in [-0.4, -0.2) is 55.6 Å². The van der Waals surface area contributed by atoms with Crippen LogP contribution < -0.4 is 4.90 Å². The molecule has 126 valence electrons. The SMILES string of the molecule is CCC1CN(C)CCN1C(C#N)c1ccc(N(CC)CC)cc1. The molecule has 1 aromatic carbocycles. The Morgan fingerprint density at radius 2 is 1.83 bits per heavy atom. The summed E-state index contributed by atoms with van der Waals surface area (Å²) in [6, 6.07) is 11.4. The maximum absolute atomic E-state index is 9.77. The van der Waals surface area contributed by atoms with Crippen LogP contribution in [0.2, 0.25) is 0 Å². The number of nitriles is 1. The van der Waals surface area contributed by atoms with Crippen LogP contribution in [0.4, 0.5) is 5.69 Å². The number of benzene rings is 1. The number of piperazine rings is 1. The molecule has 0 radical (unpaired) electrons. The normalized spacial score (nSPS) is 20.9. The highest BCUT2D eigenvalue weighted by Gasteiger charge is 2.30. The van der Waals surface area contributed by atoms with Gasteiger partial charge in [-0.3, -0.25) is 4.90 Å². The van der Waals surface area contributed by atoms with E-state index in [0.29, 0.717) is 6.04 Å². The summed E-state index contributed by atoms with van der Waals surface area (Å²) in [7, 11) is 2.17. The van der Waals surface area contributed by atoms with E-state index in [-0.39, 0.29) is 6.04 Å². The standard InChI is InChI=1S/C19H30N4/c1-5-17-15-21(4)12-13-23(17)19(14-20)16-8-10-18(11-9-16)22(6-2)7-3/h8-11,17,19H,5-7,12-13,15H2,1-4H3. The number of anilines is 1. The minimum atomic E-state index is -0.139. The van der Waals surface area contributed by atoms with Crippen molar-refractivity contribution in [3.8, 4) is 6.07 Å². The first-order valence-corrected chi connectivity index (χ1v) is 8.83. The number of nitrogens with zero attached hydrogens (tertiary/aromatic N) is 4. The van der Waals surface area contributed by atoms with Crippen LogP contribution >= 0.6 is 0 Å². The average Bonchev–Trinajstić information content (AvgIpc) is 2.59. The Labute approximate surface area is 141 Å². The first-order valence-electron chi connectivity index (χ1n) is 8.83. The monoisotopic (exact) mass is 314 g/mol. The van der Waals surface area contributed by atoms with E-state index in [2.05, 4.69) is 72.9 Å². The van der Waals surface area contributed by atoms with Crippen LogP contribution in [0.25, 0.3) is 0 Å². The minimum absolute atomic E-state index is 0.139. The van der Waals surface area contributed by atoms with Crippen molar-refractivity contribution < 1.29 is 0 Å². The van der Waals surface area contributed by atoms with Gasteiger partial charge < -0.3 is 9.80 Å². The van der Waals surface area contributed by atoms with Crippen molar-refractivity contribution in [1.29, 1.82) is 5.26 Å². The minimum Gasteiger partial charge on any atom is -0.372 e. The lowest BCUT2D eigenvalue weighted by Gasteiger charge is -2.42. The first kappa shape index (κ1) is 17.8. The molecular weight excluding hydrogens is 284 g/mol. The molecule has 4 heteroatoms. The molecule has 23 heavy (non-hydrogen) atoms. The smallest absolute Gasteiger partial charge is 0.124 e. The van der Waals surface area contributed by atoms with Gasteiger partial charge in [0.25, 0.3) is 0 Å². The molecule has 0 bridgehead atoms. The van der Waals surface area contributed by atoms with Crippen LogP contribution in [0.1, 0.15) is 38.8 Å². The quantitative estimate of drug-likeness (QED) is 0.808. The van der Waals surface area contributed by atoms with Gasteiger partial charge in [-0.2, -0.15) is 5.26 Å². The zero-order valence-corrected chi connectivity index (χ0v) is 15.0. The fourth-order valence-corrected chi connectivity index (χ4v) is 3.52. The van der Waals surface area contributed by atoms with Gasteiger partial charge in [0.1, 0.15) is 6.04 Å². The van der Waals surface area contributed by atoms with Gasteiger partial charge in [-0.25, -0.2) is 0 Å². The Balaban J connectivity index is 2.19. The van der Waals surface area contributed by atoms with Gasteiger partial charge in [0.2, 0.25) is 0 Å². The number of hydrogen-bond acceptors (Lipinski definition) is 4. The third-order valence-corrected chi connectivity index (χ3v) is 4.99. The molecular formula is C19H30N4. The Morgan fingerprint density at radius 3 is 2.35 bits per heavy atom. The van der Waals surface area contributed by atoms with Crippen LogP contribution in [0, 0.1) is 11.3 Å². The highest BCUT2D eigenvalue weighted by molar-refractivity contribution is 5.48. The second-order valence-corrected chi connectivity index (χ2v) is 6.36. The van der Waals surface area contributed by atoms with Crippen LogP contribution in [-0.2, 0) is 0 Å². The van der Waals surface area contributed by atoms with Crippen molar-refractivity contribution in [2.75, 3.05) is 44.7 Å². The Morgan fingerprint density at radius 1 is 1.17 bits per heavy atom. The zero-order valence-electron chi connectivity index (χ0n) is 15.0. The largest absolute Gasteiger partial charge is 0.372 e. The van der Waals surface area contributed by atoms with Crippen molar-refractivity contribution in [2.45, 2.75) is 39.3 Å². The van der Waals surface area contributed by atoms with E-state index < -0.39 is 0 Å². The van der Waals surface area contributed by atoms with E-state index >= 15 is 0 Å². The van der Waals surface area contributed by atoms with Gasteiger partial charge in [-0.15, -0.1) is 0 Å². The lowest BCUT2D eigenvalue weighted by molar-refractivity contribution is 0.0676. The summed E-state index contributed by atoms with van der Waals surface area (Å²) in [4.78, 5) is 7.07. The van der Waals surface area contributed by atoms with Crippen molar-refractivity contribution >= 4 is 5.69 Å². The molecule has 2 atom stereocenters. The second kappa shape index (κ2) is 8.33. The van der Waals surface area contributed by atoms with Gasteiger partial charge >= 0.3 is 0 Å². The number of hydrogen-bond donors (Lipinski definition) is 0. The topological polar surface area (TPSA) is 33.5 Å². The fraction of sp³-hybridized carbons (Fsp3) is 0.632. The highest BCUT2D eigenvalue weighted by Crippen LogP contribution is 2.27. The van der Waals surface area contributed by atoms with Crippen LogP contribution in [0.5, 0.6) is 0 Å². The van der Waals surface area contributed by atoms with Crippen molar-refractivity contribution in [3.63, 3.8) is 0 Å². The molecule has 4 nitrogen and oxygen atoms in total. The van der Waals surface area contributed by atoms with Crippen molar-refractivity contribution in [1.82, 2.24) is 9.80 Å². The molecule has 2 unspecified atom stereocenters. The predicted molar refractivity (Wildman–Crippen MR) is 96.6 cm³/mol. The zero-order chi connectivity index (χ0) is 16.8. The van der Waals surface area contributed by atoms with Gasteiger partial charge in [-0.05, 0) is 45.0 Å². The summed E-state index contributed by atoms with van der Waals surface area (Å²) in [5.41, 5.74) is 2.35. The molecule has 2 rings (SSSR count). The molecule has 0 N–H and O–H groups in total. The maximum atomic E-state index is 9.77. The molecule has 1 fully saturated rings. The second-order valence-electron chi connectivity index (χ2n) is 6.36. The van der Waals surface area contributed by atoms with Crippen LogP contribution in [0.3, 0.4) is 0 Å². The van der Waals surface area contributed by atoms with Gasteiger partial charge in [0, 0.05) is 44.5 Å². The van der Waals surface area contributed by atoms with E-state index in [1.807, 2.05) is 0 Å². The van der Waals surface area contributed by atoms with Gasteiger partial charge in [-0.1, -0.05) is 19.1 Å². The summed E-state index contributed by atoms with van der Waals surface area (Å²) >= 11 is 0. The lowest BCUT2D eigenvalue weighted by Crippen LogP contribution is -2.52. The van der Waals surface area contributed by atoms with Gasteiger partial charge in [0.05, 0.1) is 6.07 Å². The molecule has 0 amide bonds. The number of rotatable bonds is 6. The van der Waals surface area contributed by atoms with E-state index in [1.54, 1.807) is 0 Å². The first-order chi connectivity index (χ1) is 11.1. The molecule has 1 aromatic rings. The summed E-state index contributed by atoms with van der Waals surface area (Å²) in [5, 5.41) is 9.77. The van der Waals surface area contributed by atoms with Crippen LogP contribution in [0.15, 0.2) is 24.3 Å². The third-order valence-electron chi connectivity index (χ3n) is 4.99. The lowest BCUT2D eigenvalue weighted by atomic mass is 10.0. The maximum Gasteiger partial charge on any atom is 0.124 e. The summed E-state index contributed by atoms with van der Waals surface area (Å²) in [6.07, 6.45) is 1.08. The van der Waals surface area contributed by atoms with E-state index in [4.69, 9.17) is 0 Å². The summed E-state index contributed by atoms with van der Waals surface area (Å²) in [5.74, 6) is 0. The average molecular weight is 314 g/mol. The summed E-state index contributed by atoms with van der Waals surface area (Å²) < 4.78 is 0. The number of likely N-dealkylation sites (N-methyl/N-ethyl adjacent to an activating group) is 1.